The van der Waals surface area contributed by atoms with Crippen molar-refractivity contribution in [2.75, 3.05) is 0 Å². The molecule has 0 radical (unpaired) electrons. The van der Waals surface area contributed by atoms with Crippen molar-refractivity contribution in [3.05, 3.63) is 57.9 Å². The van der Waals surface area contributed by atoms with Crippen LogP contribution >= 0.6 is 27.5 Å². The standard InChI is InChI=1S/C15H13BrClFO/c1-9-5-12(17)6-10(2)15(9)19-14-4-3-11(8-16)7-13(14)18/h3-7H,8H2,1-2H3. The summed E-state index contributed by atoms with van der Waals surface area (Å²) < 4.78 is 19.6. The largest absolute Gasteiger partial charge is 0.454 e. The number of ether oxygens (including phenoxy) is 1. The lowest BCUT2D eigenvalue weighted by atomic mass is 10.1. The van der Waals surface area contributed by atoms with Gasteiger partial charge in [0.15, 0.2) is 11.6 Å². The number of benzene rings is 2. The molecule has 100 valence electrons. The van der Waals surface area contributed by atoms with Gasteiger partial charge in [0.25, 0.3) is 0 Å². The zero-order chi connectivity index (χ0) is 14.0. The number of halogens is 3. The molecule has 2 rings (SSSR count). The van der Waals surface area contributed by atoms with Crippen LogP contribution in [0.4, 0.5) is 4.39 Å². The van der Waals surface area contributed by atoms with E-state index in [0.717, 1.165) is 16.7 Å². The normalized spacial score (nSPS) is 10.6. The van der Waals surface area contributed by atoms with Crippen molar-refractivity contribution in [2.24, 2.45) is 0 Å². The summed E-state index contributed by atoms with van der Waals surface area (Å²) in [5.41, 5.74) is 2.64. The third-order valence-electron chi connectivity index (χ3n) is 2.79. The van der Waals surface area contributed by atoms with Crippen LogP contribution in [0.2, 0.25) is 5.02 Å². The Balaban J connectivity index is 2.36. The Morgan fingerprint density at radius 1 is 1.16 bits per heavy atom. The highest BCUT2D eigenvalue weighted by atomic mass is 79.9. The molecule has 0 aromatic heterocycles. The fraction of sp³-hybridized carbons (Fsp3) is 0.200. The molecule has 0 bridgehead atoms. The number of rotatable bonds is 3. The summed E-state index contributed by atoms with van der Waals surface area (Å²) >= 11 is 9.25. The Hall–Kier alpha value is -1.06. The summed E-state index contributed by atoms with van der Waals surface area (Å²) in [4.78, 5) is 0. The first kappa shape index (κ1) is 14.4. The summed E-state index contributed by atoms with van der Waals surface area (Å²) in [6, 6.07) is 8.53. The molecule has 0 aliphatic carbocycles. The van der Waals surface area contributed by atoms with Gasteiger partial charge in [-0.2, -0.15) is 0 Å². The summed E-state index contributed by atoms with van der Waals surface area (Å²) in [5, 5.41) is 1.26. The molecule has 0 aliphatic rings. The molecule has 0 unspecified atom stereocenters. The molecule has 0 saturated carbocycles. The van der Waals surface area contributed by atoms with Crippen molar-refractivity contribution in [1.82, 2.24) is 0 Å². The topological polar surface area (TPSA) is 9.23 Å². The quantitative estimate of drug-likeness (QED) is 0.642. The van der Waals surface area contributed by atoms with Gasteiger partial charge in [-0.15, -0.1) is 0 Å². The molecule has 0 saturated heterocycles. The van der Waals surface area contributed by atoms with Crippen LogP contribution < -0.4 is 4.74 Å². The molecule has 0 spiro atoms. The van der Waals surface area contributed by atoms with Crippen LogP contribution in [-0.2, 0) is 5.33 Å². The first-order valence-corrected chi connectivity index (χ1v) is 7.30. The van der Waals surface area contributed by atoms with Crippen LogP contribution in [0.3, 0.4) is 0 Å². The van der Waals surface area contributed by atoms with Gasteiger partial charge in [0.1, 0.15) is 5.75 Å². The van der Waals surface area contributed by atoms with Gasteiger partial charge in [-0.1, -0.05) is 33.6 Å². The molecule has 0 amide bonds. The predicted molar refractivity (Wildman–Crippen MR) is 80.0 cm³/mol. The van der Waals surface area contributed by atoms with E-state index in [0.29, 0.717) is 16.1 Å². The van der Waals surface area contributed by atoms with Gasteiger partial charge in [0.05, 0.1) is 0 Å². The Morgan fingerprint density at radius 2 is 1.79 bits per heavy atom. The van der Waals surface area contributed by atoms with Gasteiger partial charge >= 0.3 is 0 Å². The van der Waals surface area contributed by atoms with E-state index in [-0.39, 0.29) is 11.6 Å². The Labute approximate surface area is 125 Å². The Bertz CT molecular complexity index is 590. The highest BCUT2D eigenvalue weighted by Crippen LogP contribution is 2.32. The average molecular weight is 344 g/mol. The maximum absolute atomic E-state index is 13.9. The van der Waals surface area contributed by atoms with Crippen LogP contribution in [0.5, 0.6) is 11.5 Å². The number of hydrogen-bond acceptors (Lipinski definition) is 1. The molecular weight excluding hydrogens is 331 g/mol. The fourth-order valence-electron chi connectivity index (χ4n) is 1.88. The van der Waals surface area contributed by atoms with E-state index in [1.165, 1.54) is 6.07 Å². The Morgan fingerprint density at radius 3 is 2.32 bits per heavy atom. The van der Waals surface area contributed by atoms with E-state index < -0.39 is 0 Å². The van der Waals surface area contributed by atoms with Gasteiger partial charge in [0, 0.05) is 10.4 Å². The highest BCUT2D eigenvalue weighted by molar-refractivity contribution is 9.08. The van der Waals surface area contributed by atoms with E-state index >= 15 is 0 Å². The highest BCUT2D eigenvalue weighted by Gasteiger charge is 2.10. The first-order chi connectivity index (χ1) is 9.01. The zero-order valence-corrected chi connectivity index (χ0v) is 13.0. The zero-order valence-electron chi connectivity index (χ0n) is 10.6. The van der Waals surface area contributed by atoms with Crippen LogP contribution in [0, 0.1) is 19.7 Å². The Kier molecular flexibility index (Phi) is 4.48. The summed E-state index contributed by atoms with van der Waals surface area (Å²) in [6.45, 7) is 3.78. The molecule has 1 nitrogen and oxygen atoms in total. The van der Waals surface area contributed by atoms with Crippen molar-refractivity contribution in [2.45, 2.75) is 19.2 Å². The molecule has 2 aromatic rings. The van der Waals surface area contributed by atoms with Gasteiger partial charge in [0.2, 0.25) is 0 Å². The van der Waals surface area contributed by atoms with Crippen LogP contribution in [-0.4, -0.2) is 0 Å². The average Bonchev–Trinajstić information content (AvgIpc) is 2.35. The van der Waals surface area contributed by atoms with Crippen molar-refractivity contribution in [3.63, 3.8) is 0 Å². The number of aryl methyl sites for hydroxylation is 2. The predicted octanol–water partition coefficient (Wildman–Crippen LogP) is 5.78. The van der Waals surface area contributed by atoms with Crippen LogP contribution in [0.15, 0.2) is 30.3 Å². The molecule has 0 N–H and O–H groups in total. The summed E-state index contributed by atoms with van der Waals surface area (Å²) in [6.07, 6.45) is 0. The molecule has 2 aromatic carbocycles. The van der Waals surface area contributed by atoms with Crippen molar-refractivity contribution < 1.29 is 9.13 Å². The lowest BCUT2D eigenvalue weighted by molar-refractivity contribution is 0.436. The molecule has 0 fully saturated rings. The number of hydrogen-bond donors (Lipinski definition) is 0. The SMILES string of the molecule is Cc1cc(Cl)cc(C)c1Oc1ccc(CBr)cc1F. The second-order valence-corrected chi connectivity index (χ2v) is 5.37. The monoisotopic (exact) mass is 342 g/mol. The second-order valence-electron chi connectivity index (χ2n) is 4.37. The summed E-state index contributed by atoms with van der Waals surface area (Å²) in [7, 11) is 0. The molecule has 0 heterocycles. The van der Waals surface area contributed by atoms with E-state index in [4.69, 9.17) is 16.3 Å². The van der Waals surface area contributed by atoms with Gasteiger partial charge in [-0.25, -0.2) is 4.39 Å². The van der Waals surface area contributed by atoms with Gasteiger partial charge in [-0.05, 0) is 54.8 Å². The fourth-order valence-corrected chi connectivity index (χ4v) is 2.55. The summed E-state index contributed by atoms with van der Waals surface area (Å²) in [5.74, 6) is 0.499. The molecule has 19 heavy (non-hydrogen) atoms. The first-order valence-electron chi connectivity index (χ1n) is 5.80. The molecule has 4 heteroatoms. The smallest absolute Gasteiger partial charge is 0.166 e. The lowest BCUT2D eigenvalue weighted by Crippen LogP contribution is -1.94. The minimum absolute atomic E-state index is 0.221. The second kappa shape index (κ2) is 5.93. The van der Waals surface area contributed by atoms with Crippen molar-refractivity contribution in [1.29, 1.82) is 0 Å². The van der Waals surface area contributed by atoms with Crippen LogP contribution in [0.1, 0.15) is 16.7 Å². The van der Waals surface area contributed by atoms with Gasteiger partial charge < -0.3 is 4.74 Å². The molecule has 0 aliphatic heterocycles. The van der Waals surface area contributed by atoms with E-state index in [2.05, 4.69) is 15.9 Å². The van der Waals surface area contributed by atoms with E-state index in [9.17, 15) is 4.39 Å². The molecule has 0 atom stereocenters. The maximum Gasteiger partial charge on any atom is 0.166 e. The maximum atomic E-state index is 13.9. The minimum atomic E-state index is -0.370. The number of alkyl halides is 1. The third-order valence-corrected chi connectivity index (χ3v) is 3.65. The van der Waals surface area contributed by atoms with Gasteiger partial charge in [-0.3, -0.25) is 0 Å². The third kappa shape index (κ3) is 3.28. The van der Waals surface area contributed by atoms with E-state index in [1.807, 2.05) is 19.9 Å². The molecular formula is C15H13BrClFO. The van der Waals surface area contributed by atoms with Crippen LogP contribution in [0.25, 0.3) is 0 Å². The minimum Gasteiger partial charge on any atom is -0.454 e. The van der Waals surface area contributed by atoms with Crippen molar-refractivity contribution >= 4 is 27.5 Å². The van der Waals surface area contributed by atoms with Crippen molar-refractivity contribution in [3.8, 4) is 11.5 Å². The lowest BCUT2D eigenvalue weighted by Gasteiger charge is -2.13. The van der Waals surface area contributed by atoms with E-state index in [1.54, 1.807) is 18.2 Å².